The molecule has 5 nitrogen and oxygen atoms in total. The van der Waals surface area contributed by atoms with Crippen molar-refractivity contribution in [1.82, 2.24) is 4.72 Å². The summed E-state index contributed by atoms with van der Waals surface area (Å²) in [5.41, 5.74) is 1.58. The summed E-state index contributed by atoms with van der Waals surface area (Å²) in [5, 5.41) is 18.1. The van der Waals surface area contributed by atoms with Crippen LogP contribution in [0.4, 0.5) is 0 Å². The first kappa shape index (κ1) is 15.0. The van der Waals surface area contributed by atoms with Gasteiger partial charge in [-0.05, 0) is 48.4 Å². The zero-order valence-corrected chi connectivity index (χ0v) is 12.2. The number of rotatable bonds is 4. The summed E-state index contributed by atoms with van der Waals surface area (Å²) >= 11 is 0. The van der Waals surface area contributed by atoms with Crippen LogP contribution in [0, 0.1) is 18.3 Å². The van der Waals surface area contributed by atoms with Crippen LogP contribution in [0.15, 0.2) is 47.4 Å². The smallest absolute Gasteiger partial charge is 0.241 e. The third kappa shape index (κ3) is 3.60. The molecule has 0 spiro atoms. The number of aryl methyl sites for hydroxylation is 1. The van der Waals surface area contributed by atoms with Gasteiger partial charge in [0.2, 0.25) is 10.0 Å². The van der Waals surface area contributed by atoms with Crippen molar-refractivity contribution in [2.45, 2.75) is 18.4 Å². The minimum absolute atomic E-state index is 0.0795. The Kier molecular flexibility index (Phi) is 4.26. The molecule has 0 aliphatic heterocycles. The summed E-state index contributed by atoms with van der Waals surface area (Å²) in [6.07, 6.45) is 0. The number of nitrogens with zero attached hydrogens (tertiary/aromatic N) is 1. The molecule has 2 aromatic rings. The van der Waals surface area contributed by atoms with E-state index in [1.807, 2.05) is 6.07 Å². The molecule has 0 heterocycles. The number of sulfonamides is 1. The molecule has 0 saturated carbocycles. The number of hydrogen-bond donors (Lipinski definition) is 2. The van der Waals surface area contributed by atoms with E-state index in [1.165, 1.54) is 30.3 Å². The Labute approximate surface area is 123 Å². The molecule has 2 N–H and O–H groups in total. The predicted molar refractivity (Wildman–Crippen MR) is 78.0 cm³/mol. The van der Waals surface area contributed by atoms with Crippen LogP contribution in [0.3, 0.4) is 0 Å². The summed E-state index contributed by atoms with van der Waals surface area (Å²) < 4.78 is 27.0. The van der Waals surface area contributed by atoms with Gasteiger partial charge in [-0.15, -0.1) is 0 Å². The topological polar surface area (TPSA) is 90.2 Å². The van der Waals surface area contributed by atoms with E-state index in [1.54, 1.807) is 19.1 Å². The van der Waals surface area contributed by atoms with Crippen LogP contribution in [-0.2, 0) is 16.6 Å². The fraction of sp³-hybridized carbons (Fsp3) is 0.133. The Balaban J connectivity index is 2.21. The molecule has 21 heavy (non-hydrogen) atoms. The average Bonchev–Trinajstić information content (AvgIpc) is 2.45. The molecule has 0 aliphatic rings. The van der Waals surface area contributed by atoms with Gasteiger partial charge in [0.05, 0.1) is 16.5 Å². The normalized spacial score (nSPS) is 11.0. The monoisotopic (exact) mass is 302 g/mol. The number of aromatic hydroxyl groups is 1. The minimum Gasteiger partial charge on any atom is -0.508 e. The molecule has 0 atom stereocenters. The summed E-state index contributed by atoms with van der Waals surface area (Å²) in [5.74, 6) is 0.0845. The molecule has 0 aliphatic carbocycles. The fourth-order valence-corrected chi connectivity index (χ4v) is 3.19. The quantitative estimate of drug-likeness (QED) is 0.904. The van der Waals surface area contributed by atoms with E-state index in [-0.39, 0.29) is 17.2 Å². The molecule has 0 aromatic heterocycles. The molecule has 0 unspecified atom stereocenters. The van der Waals surface area contributed by atoms with E-state index >= 15 is 0 Å². The number of phenolic OH excluding ortho intramolecular Hbond substituents is 1. The zero-order chi connectivity index (χ0) is 15.5. The average molecular weight is 302 g/mol. The first-order chi connectivity index (χ1) is 9.92. The van der Waals surface area contributed by atoms with E-state index in [0.717, 1.165) is 0 Å². The molecule has 0 radical (unpaired) electrons. The molecular formula is C15H14N2O3S. The Hall–Kier alpha value is -2.36. The van der Waals surface area contributed by atoms with E-state index in [4.69, 9.17) is 5.26 Å². The standard InChI is InChI=1S/C15H14N2O3S/c1-11-7-12(9-16)5-6-15(11)21(19,20)17-10-13-3-2-4-14(18)8-13/h2-8,17-18H,10H2,1H3. The SMILES string of the molecule is Cc1cc(C#N)ccc1S(=O)(=O)NCc1cccc(O)c1. The number of nitriles is 1. The molecule has 0 saturated heterocycles. The second kappa shape index (κ2) is 5.95. The highest BCUT2D eigenvalue weighted by molar-refractivity contribution is 7.89. The molecule has 2 rings (SSSR count). The highest BCUT2D eigenvalue weighted by atomic mass is 32.2. The maximum Gasteiger partial charge on any atom is 0.241 e. The predicted octanol–water partition coefficient (Wildman–Crippen LogP) is 2.05. The summed E-state index contributed by atoms with van der Waals surface area (Å²) in [6, 6.07) is 12.8. The van der Waals surface area contributed by atoms with Crippen LogP contribution in [-0.4, -0.2) is 13.5 Å². The number of phenols is 1. The maximum atomic E-state index is 12.3. The third-order valence-corrected chi connectivity index (χ3v) is 4.53. The van der Waals surface area contributed by atoms with Gasteiger partial charge in [-0.1, -0.05) is 12.1 Å². The van der Waals surface area contributed by atoms with Crippen LogP contribution < -0.4 is 4.72 Å². The van der Waals surface area contributed by atoms with Crippen molar-refractivity contribution in [2.75, 3.05) is 0 Å². The first-order valence-electron chi connectivity index (χ1n) is 6.21. The van der Waals surface area contributed by atoms with Crippen LogP contribution in [0.1, 0.15) is 16.7 Å². The van der Waals surface area contributed by atoms with Crippen LogP contribution in [0.25, 0.3) is 0 Å². The second-order valence-electron chi connectivity index (χ2n) is 4.59. The van der Waals surface area contributed by atoms with Gasteiger partial charge in [0.25, 0.3) is 0 Å². The van der Waals surface area contributed by atoms with Crippen molar-refractivity contribution in [3.05, 3.63) is 59.2 Å². The summed E-state index contributed by atoms with van der Waals surface area (Å²) in [4.78, 5) is 0.140. The number of hydrogen-bond acceptors (Lipinski definition) is 4. The lowest BCUT2D eigenvalue weighted by Crippen LogP contribution is -2.24. The number of benzene rings is 2. The Bertz CT molecular complexity index is 808. The second-order valence-corrected chi connectivity index (χ2v) is 6.32. The van der Waals surface area contributed by atoms with Crippen molar-refractivity contribution >= 4 is 10.0 Å². The van der Waals surface area contributed by atoms with Gasteiger partial charge in [0, 0.05) is 6.54 Å². The van der Waals surface area contributed by atoms with Crippen LogP contribution >= 0.6 is 0 Å². The molecule has 108 valence electrons. The first-order valence-corrected chi connectivity index (χ1v) is 7.69. The zero-order valence-electron chi connectivity index (χ0n) is 11.4. The van der Waals surface area contributed by atoms with Gasteiger partial charge >= 0.3 is 0 Å². The van der Waals surface area contributed by atoms with Gasteiger partial charge in [-0.2, -0.15) is 5.26 Å². The third-order valence-electron chi connectivity index (χ3n) is 2.97. The molecule has 0 fully saturated rings. The van der Waals surface area contributed by atoms with Crippen molar-refractivity contribution in [3.8, 4) is 11.8 Å². The summed E-state index contributed by atoms with van der Waals surface area (Å²) in [6.45, 7) is 1.72. The largest absolute Gasteiger partial charge is 0.508 e. The molecule has 0 bridgehead atoms. The van der Waals surface area contributed by atoms with E-state index in [0.29, 0.717) is 16.7 Å². The Morgan fingerprint density at radius 3 is 2.62 bits per heavy atom. The Morgan fingerprint density at radius 2 is 2.00 bits per heavy atom. The van der Waals surface area contributed by atoms with Crippen molar-refractivity contribution < 1.29 is 13.5 Å². The van der Waals surface area contributed by atoms with Gasteiger partial charge in [0.1, 0.15) is 5.75 Å². The maximum absolute atomic E-state index is 12.3. The summed E-state index contributed by atoms with van der Waals surface area (Å²) in [7, 11) is -3.67. The highest BCUT2D eigenvalue weighted by Gasteiger charge is 2.16. The van der Waals surface area contributed by atoms with Crippen molar-refractivity contribution in [2.24, 2.45) is 0 Å². The van der Waals surface area contributed by atoms with Crippen molar-refractivity contribution in [3.63, 3.8) is 0 Å². The van der Waals surface area contributed by atoms with E-state index in [9.17, 15) is 13.5 Å². The van der Waals surface area contributed by atoms with Gasteiger partial charge < -0.3 is 5.11 Å². The minimum atomic E-state index is -3.67. The fourth-order valence-electron chi connectivity index (χ4n) is 1.94. The van der Waals surface area contributed by atoms with Crippen molar-refractivity contribution in [1.29, 1.82) is 5.26 Å². The van der Waals surface area contributed by atoms with Gasteiger partial charge in [-0.3, -0.25) is 0 Å². The van der Waals surface area contributed by atoms with Crippen LogP contribution in [0.5, 0.6) is 5.75 Å². The van der Waals surface area contributed by atoms with E-state index < -0.39 is 10.0 Å². The molecule has 6 heteroatoms. The lowest BCUT2D eigenvalue weighted by Gasteiger charge is -2.09. The van der Waals surface area contributed by atoms with Crippen LogP contribution in [0.2, 0.25) is 0 Å². The lowest BCUT2D eigenvalue weighted by atomic mass is 10.2. The number of nitrogens with one attached hydrogen (secondary N) is 1. The van der Waals surface area contributed by atoms with Gasteiger partial charge in [-0.25, -0.2) is 13.1 Å². The molecule has 2 aromatic carbocycles. The Morgan fingerprint density at radius 1 is 1.24 bits per heavy atom. The molecule has 0 amide bonds. The lowest BCUT2D eigenvalue weighted by molar-refractivity contribution is 0.474. The van der Waals surface area contributed by atoms with Gasteiger partial charge in [0.15, 0.2) is 0 Å². The van der Waals surface area contributed by atoms with E-state index in [2.05, 4.69) is 4.72 Å². The highest BCUT2D eigenvalue weighted by Crippen LogP contribution is 2.17. The molecular weight excluding hydrogens is 288 g/mol.